The first-order valence-electron chi connectivity index (χ1n) is 10.2. The molecule has 2 aliphatic rings. The lowest BCUT2D eigenvalue weighted by Crippen LogP contribution is -2.46. The standard InChI is InChI=1S/C22H24N2O4.CH2O2/c25-19-8-4-5-12-23(19)13-11-20(26)24-17-9-10-18(24)22(15-17,21(27)28)14-16-6-2-1-3-7-16;2-1-3/h1-8,12,17-18H,9-11,13-15H2,(H,27,28);1H,(H,2,3)/t17-,18+,22+;/m0./s1. The van der Waals surface area contributed by atoms with Crippen LogP contribution in [0.5, 0.6) is 0 Å². The maximum Gasteiger partial charge on any atom is 0.312 e. The van der Waals surface area contributed by atoms with Crippen molar-refractivity contribution in [3.63, 3.8) is 0 Å². The summed E-state index contributed by atoms with van der Waals surface area (Å²) in [5, 5.41) is 17.0. The van der Waals surface area contributed by atoms with Crippen LogP contribution in [0.4, 0.5) is 0 Å². The predicted octanol–water partition coefficient (Wildman–Crippen LogP) is 2.02. The lowest BCUT2D eigenvalue weighted by atomic mass is 9.70. The number of benzene rings is 1. The molecule has 2 fully saturated rings. The molecule has 2 saturated heterocycles. The Labute approximate surface area is 179 Å². The van der Waals surface area contributed by atoms with Crippen molar-refractivity contribution in [3.8, 4) is 0 Å². The predicted molar refractivity (Wildman–Crippen MR) is 112 cm³/mol. The molecule has 8 heteroatoms. The number of carboxylic acids is 1. The highest BCUT2D eigenvalue weighted by Gasteiger charge is 2.61. The Morgan fingerprint density at radius 2 is 1.77 bits per heavy atom. The van der Waals surface area contributed by atoms with E-state index in [1.165, 1.54) is 10.6 Å². The van der Waals surface area contributed by atoms with Crippen LogP contribution in [0, 0.1) is 5.41 Å². The molecule has 0 saturated carbocycles. The minimum atomic E-state index is -0.927. The lowest BCUT2D eigenvalue weighted by Gasteiger charge is -2.33. The number of carbonyl (C=O) groups excluding carboxylic acids is 1. The number of aryl methyl sites for hydroxylation is 1. The highest BCUT2D eigenvalue weighted by Crippen LogP contribution is 2.52. The summed E-state index contributed by atoms with van der Waals surface area (Å²) in [6.45, 7) is 0.0627. The minimum Gasteiger partial charge on any atom is -0.483 e. The number of nitrogens with zero attached hydrogens (tertiary/aromatic N) is 2. The molecule has 8 nitrogen and oxygen atoms in total. The minimum absolute atomic E-state index is 0.0233. The van der Waals surface area contributed by atoms with Crippen LogP contribution in [-0.4, -0.2) is 50.1 Å². The summed E-state index contributed by atoms with van der Waals surface area (Å²) in [4.78, 5) is 47.3. The van der Waals surface area contributed by atoms with Crippen molar-refractivity contribution in [2.75, 3.05) is 0 Å². The zero-order chi connectivity index (χ0) is 22.4. The molecule has 3 atom stereocenters. The van der Waals surface area contributed by atoms with Crippen LogP contribution in [0.25, 0.3) is 0 Å². The van der Waals surface area contributed by atoms with Gasteiger partial charge in [-0.25, -0.2) is 0 Å². The molecule has 1 aromatic heterocycles. The van der Waals surface area contributed by atoms with E-state index in [4.69, 9.17) is 9.90 Å². The molecule has 0 radical (unpaired) electrons. The van der Waals surface area contributed by atoms with Gasteiger partial charge in [0.2, 0.25) is 5.91 Å². The van der Waals surface area contributed by atoms with Gasteiger partial charge in [-0.05, 0) is 37.3 Å². The van der Waals surface area contributed by atoms with Crippen molar-refractivity contribution in [3.05, 3.63) is 70.6 Å². The Bertz CT molecular complexity index is 989. The quantitative estimate of drug-likeness (QED) is 0.683. The first kappa shape index (κ1) is 22.3. The van der Waals surface area contributed by atoms with E-state index in [2.05, 4.69) is 0 Å². The summed E-state index contributed by atoms with van der Waals surface area (Å²) in [5.41, 5.74) is -0.0758. The van der Waals surface area contributed by atoms with Crippen LogP contribution in [0.1, 0.15) is 31.2 Å². The number of aromatic nitrogens is 1. The highest BCUT2D eigenvalue weighted by atomic mass is 16.4. The van der Waals surface area contributed by atoms with E-state index in [9.17, 15) is 19.5 Å². The molecule has 164 valence electrons. The topological polar surface area (TPSA) is 117 Å². The second-order valence-corrected chi connectivity index (χ2v) is 7.96. The van der Waals surface area contributed by atoms with Crippen molar-refractivity contribution >= 4 is 18.3 Å². The largest absolute Gasteiger partial charge is 0.483 e. The fourth-order valence-corrected chi connectivity index (χ4v) is 5.01. The van der Waals surface area contributed by atoms with E-state index in [1.807, 2.05) is 35.2 Å². The second-order valence-electron chi connectivity index (χ2n) is 7.96. The maximum absolute atomic E-state index is 13.0. The van der Waals surface area contributed by atoms with Crippen LogP contribution in [0.3, 0.4) is 0 Å². The number of hydrogen-bond acceptors (Lipinski definition) is 4. The Morgan fingerprint density at radius 3 is 2.42 bits per heavy atom. The lowest BCUT2D eigenvalue weighted by molar-refractivity contribution is -0.151. The molecule has 1 amide bonds. The fraction of sp³-hybridized carbons (Fsp3) is 0.391. The summed E-state index contributed by atoms with van der Waals surface area (Å²) in [7, 11) is 0. The average Bonchev–Trinajstić information content (AvgIpc) is 3.31. The molecular formula is C23H26N2O6. The van der Waals surface area contributed by atoms with Crippen molar-refractivity contribution in [2.24, 2.45) is 5.41 Å². The van der Waals surface area contributed by atoms with E-state index in [0.717, 1.165) is 18.4 Å². The van der Waals surface area contributed by atoms with Crippen molar-refractivity contribution in [1.82, 2.24) is 9.47 Å². The van der Waals surface area contributed by atoms with Gasteiger partial charge in [-0.15, -0.1) is 0 Å². The second kappa shape index (κ2) is 9.59. The molecule has 1 aromatic carbocycles. The monoisotopic (exact) mass is 426 g/mol. The number of fused-ring (bicyclic) bond motifs is 2. The van der Waals surface area contributed by atoms with E-state index < -0.39 is 11.4 Å². The zero-order valence-electron chi connectivity index (χ0n) is 17.1. The third-order valence-corrected chi connectivity index (χ3v) is 6.28. The third kappa shape index (κ3) is 4.52. The molecule has 2 aliphatic heterocycles. The number of rotatable bonds is 6. The smallest absolute Gasteiger partial charge is 0.312 e. The van der Waals surface area contributed by atoms with Gasteiger partial charge in [0, 0.05) is 37.3 Å². The number of pyridine rings is 1. The van der Waals surface area contributed by atoms with Gasteiger partial charge in [0.25, 0.3) is 12.0 Å². The Balaban J connectivity index is 0.000000858. The molecule has 0 spiro atoms. The Hall–Kier alpha value is -3.42. The van der Waals surface area contributed by atoms with Gasteiger partial charge in [0.1, 0.15) is 0 Å². The van der Waals surface area contributed by atoms with Crippen LogP contribution >= 0.6 is 0 Å². The number of carboxylic acid groups (broad SMARTS) is 2. The summed E-state index contributed by atoms with van der Waals surface area (Å²) in [6.07, 6.45) is 4.39. The van der Waals surface area contributed by atoms with Gasteiger partial charge in [0.15, 0.2) is 0 Å². The number of hydrogen-bond donors (Lipinski definition) is 2. The van der Waals surface area contributed by atoms with Crippen LogP contribution in [-0.2, 0) is 27.3 Å². The SMILES string of the molecule is O=C(CCn1ccccc1=O)N1[C@H]2CC[C@@H]1[C@](Cc1ccccc1)(C(=O)O)C2.O=CO. The molecule has 2 bridgehead atoms. The molecule has 2 aromatic rings. The summed E-state index contributed by atoms with van der Waals surface area (Å²) < 4.78 is 1.52. The normalized spacial score (nSPS) is 23.7. The summed E-state index contributed by atoms with van der Waals surface area (Å²) >= 11 is 0. The highest BCUT2D eigenvalue weighted by molar-refractivity contribution is 5.83. The van der Waals surface area contributed by atoms with Gasteiger partial charge in [-0.3, -0.25) is 19.2 Å². The molecule has 0 unspecified atom stereocenters. The number of amides is 1. The van der Waals surface area contributed by atoms with Crippen molar-refractivity contribution in [1.29, 1.82) is 0 Å². The number of aliphatic carboxylic acids is 1. The van der Waals surface area contributed by atoms with E-state index in [0.29, 0.717) is 19.4 Å². The summed E-state index contributed by atoms with van der Waals surface area (Å²) in [5.74, 6) is -0.875. The first-order valence-corrected chi connectivity index (χ1v) is 10.2. The zero-order valence-corrected chi connectivity index (χ0v) is 17.1. The van der Waals surface area contributed by atoms with Gasteiger partial charge >= 0.3 is 5.97 Å². The maximum atomic E-state index is 13.0. The number of carbonyl (C=O) groups is 3. The Morgan fingerprint density at radius 1 is 1.10 bits per heavy atom. The van der Waals surface area contributed by atoms with Crippen LogP contribution < -0.4 is 5.56 Å². The third-order valence-electron chi connectivity index (χ3n) is 6.28. The van der Waals surface area contributed by atoms with Crippen molar-refractivity contribution < 1.29 is 24.6 Å². The average molecular weight is 426 g/mol. The van der Waals surface area contributed by atoms with E-state index >= 15 is 0 Å². The molecule has 2 N–H and O–H groups in total. The molecule has 4 rings (SSSR count). The van der Waals surface area contributed by atoms with Gasteiger partial charge in [-0.2, -0.15) is 0 Å². The molecular weight excluding hydrogens is 400 g/mol. The fourth-order valence-electron chi connectivity index (χ4n) is 5.01. The van der Waals surface area contributed by atoms with Crippen LogP contribution in [0.15, 0.2) is 59.5 Å². The first-order chi connectivity index (χ1) is 14.9. The molecule has 0 aliphatic carbocycles. The van der Waals surface area contributed by atoms with Gasteiger partial charge in [0.05, 0.1) is 5.41 Å². The van der Waals surface area contributed by atoms with Crippen molar-refractivity contribution in [2.45, 2.75) is 50.7 Å². The molecule has 3 heterocycles. The van der Waals surface area contributed by atoms with Gasteiger partial charge < -0.3 is 19.7 Å². The molecule has 31 heavy (non-hydrogen) atoms. The van der Waals surface area contributed by atoms with E-state index in [-0.39, 0.29) is 36.4 Å². The van der Waals surface area contributed by atoms with Crippen LogP contribution in [0.2, 0.25) is 0 Å². The Kier molecular flexibility index (Phi) is 6.89. The van der Waals surface area contributed by atoms with Gasteiger partial charge in [-0.1, -0.05) is 36.4 Å². The summed E-state index contributed by atoms with van der Waals surface area (Å²) in [6, 6.07) is 14.2. The van der Waals surface area contributed by atoms with E-state index in [1.54, 1.807) is 18.3 Å².